The molecule has 1 unspecified atom stereocenters. The lowest BCUT2D eigenvalue weighted by Crippen LogP contribution is -2.02. The third-order valence-corrected chi connectivity index (χ3v) is 2.66. The normalized spacial score (nSPS) is 12.4. The molecule has 1 rings (SSSR count). The van der Waals surface area contributed by atoms with Crippen LogP contribution in [0.15, 0.2) is 18.2 Å². The molecule has 88 valence electrons. The van der Waals surface area contributed by atoms with E-state index >= 15 is 0 Å². The van der Waals surface area contributed by atoms with E-state index in [2.05, 4.69) is 0 Å². The van der Waals surface area contributed by atoms with Crippen molar-refractivity contribution >= 4 is 5.97 Å². The second kappa shape index (κ2) is 5.66. The van der Waals surface area contributed by atoms with Crippen LogP contribution in [0, 0.1) is 13.8 Å². The number of carboxylic acids is 1. The summed E-state index contributed by atoms with van der Waals surface area (Å²) in [6, 6.07) is 5.94. The van der Waals surface area contributed by atoms with Crippen LogP contribution in [-0.2, 0) is 4.79 Å². The zero-order valence-corrected chi connectivity index (χ0v) is 9.73. The first-order valence-corrected chi connectivity index (χ1v) is 5.47. The van der Waals surface area contributed by atoms with Gasteiger partial charge in [-0.05, 0) is 37.8 Å². The van der Waals surface area contributed by atoms with Gasteiger partial charge in [0.05, 0.1) is 6.10 Å². The van der Waals surface area contributed by atoms with E-state index in [9.17, 15) is 9.90 Å². The SMILES string of the molecule is Cc1ccc(C)c(C(O)CCCC(=O)O)c1. The Morgan fingerprint density at radius 3 is 2.69 bits per heavy atom. The molecular weight excluding hydrogens is 204 g/mol. The number of aliphatic hydroxyl groups excluding tert-OH is 1. The Morgan fingerprint density at radius 2 is 2.06 bits per heavy atom. The highest BCUT2D eigenvalue weighted by atomic mass is 16.4. The van der Waals surface area contributed by atoms with Gasteiger partial charge in [-0.1, -0.05) is 23.8 Å². The first kappa shape index (κ1) is 12.7. The fourth-order valence-electron chi connectivity index (χ4n) is 1.72. The van der Waals surface area contributed by atoms with E-state index in [1.807, 2.05) is 32.0 Å². The van der Waals surface area contributed by atoms with Gasteiger partial charge in [0, 0.05) is 6.42 Å². The number of rotatable bonds is 5. The molecule has 1 aromatic carbocycles. The minimum atomic E-state index is -0.812. The second-order valence-electron chi connectivity index (χ2n) is 4.16. The smallest absolute Gasteiger partial charge is 0.303 e. The van der Waals surface area contributed by atoms with Crippen molar-refractivity contribution < 1.29 is 15.0 Å². The van der Waals surface area contributed by atoms with Gasteiger partial charge >= 0.3 is 5.97 Å². The van der Waals surface area contributed by atoms with Crippen LogP contribution in [0.25, 0.3) is 0 Å². The van der Waals surface area contributed by atoms with Crippen molar-refractivity contribution in [3.8, 4) is 0 Å². The van der Waals surface area contributed by atoms with Crippen molar-refractivity contribution in [1.82, 2.24) is 0 Å². The number of carbonyl (C=O) groups is 1. The zero-order chi connectivity index (χ0) is 12.1. The van der Waals surface area contributed by atoms with Crippen molar-refractivity contribution in [2.75, 3.05) is 0 Å². The van der Waals surface area contributed by atoms with Crippen LogP contribution in [0.1, 0.15) is 42.1 Å². The van der Waals surface area contributed by atoms with Crippen LogP contribution in [0.4, 0.5) is 0 Å². The molecule has 3 nitrogen and oxygen atoms in total. The zero-order valence-electron chi connectivity index (χ0n) is 9.73. The Hall–Kier alpha value is -1.35. The minimum Gasteiger partial charge on any atom is -0.481 e. The van der Waals surface area contributed by atoms with Gasteiger partial charge in [0.1, 0.15) is 0 Å². The van der Waals surface area contributed by atoms with E-state index in [-0.39, 0.29) is 6.42 Å². The molecule has 0 amide bonds. The quantitative estimate of drug-likeness (QED) is 0.805. The van der Waals surface area contributed by atoms with E-state index in [4.69, 9.17) is 5.11 Å². The minimum absolute atomic E-state index is 0.113. The Labute approximate surface area is 95.7 Å². The fraction of sp³-hybridized carbons (Fsp3) is 0.462. The number of aliphatic carboxylic acids is 1. The lowest BCUT2D eigenvalue weighted by atomic mass is 9.97. The average Bonchev–Trinajstić information content (AvgIpc) is 2.21. The van der Waals surface area contributed by atoms with Gasteiger partial charge in [-0.15, -0.1) is 0 Å². The Kier molecular flexibility index (Phi) is 4.50. The summed E-state index contributed by atoms with van der Waals surface area (Å²) in [5.41, 5.74) is 3.07. The van der Waals surface area contributed by atoms with Crippen LogP contribution in [0.5, 0.6) is 0 Å². The van der Waals surface area contributed by atoms with Gasteiger partial charge in [0.2, 0.25) is 0 Å². The molecule has 1 aromatic rings. The predicted molar refractivity (Wildman–Crippen MR) is 62.4 cm³/mol. The van der Waals surface area contributed by atoms with Crippen molar-refractivity contribution in [1.29, 1.82) is 0 Å². The highest BCUT2D eigenvalue weighted by molar-refractivity contribution is 5.66. The Balaban J connectivity index is 2.61. The van der Waals surface area contributed by atoms with Gasteiger partial charge in [-0.3, -0.25) is 4.79 Å². The molecule has 0 saturated heterocycles. The molecule has 1 atom stereocenters. The molecule has 0 fully saturated rings. The molecule has 0 heterocycles. The topological polar surface area (TPSA) is 57.5 Å². The largest absolute Gasteiger partial charge is 0.481 e. The van der Waals surface area contributed by atoms with Crippen LogP contribution in [0.2, 0.25) is 0 Å². The number of hydrogen-bond donors (Lipinski definition) is 2. The molecule has 0 bridgehead atoms. The Morgan fingerprint density at radius 1 is 1.38 bits per heavy atom. The maximum Gasteiger partial charge on any atom is 0.303 e. The van der Waals surface area contributed by atoms with Gasteiger partial charge in [0.15, 0.2) is 0 Å². The lowest BCUT2D eigenvalue weighted by molar-refractivity contribution is -0.137. The van der Waals surface area contributed by atoms with Gasteiger partial charge in [-0.2, -0.15) is 0 Å². The summed E-state index contributed by atoms with van der Waals surface area (Å²) in [5, 5.41) is 18.5. The number of carboxylic acid groups (broad SMARTS) is 1. The molecule has 0 aliphatic carbocycles. The molecule has 2 N–H and O–H groups in total. The van der Waals surface area contributed by atoms with E-state index in [1.165, 1.54) is 0 Å². The summed E-state index contributed by atoms with van der Waals surface area (Å²) >= 11 is 0. The van der Waals surface area contributed by atoms with Crippen molar-refractivity contribution in [3.05, 3.63) is 34.9 Å². The van der Waals surface area contributed by atoms with Gasteiger partial charge in [0.25, 0.3) is 0 Å². The number of benzene rings is 1. The Bertz CT molecular complexity index is 371. The average molecular weight is 222 g/mol. The van der Waals surface area contributed by atoms with Crippen LogP contribution >= 0.6 is 0 Å². The van der Waals surface area contributed by atoms with Crippen molar-refractivity contribution in [2.45, 2.75) is 39.2 Å². The van der Waals surface area contributed by atoms with Crippen molar-refractivity contribution in [3.63, 3.8) is 0 Å². The summed E-state index contributed by atoms with van der Waals surface area (Å²) in [6.07, 6.45) is 0.557. The molecule has 0 spiro atoms. The summed E-state index contributed by atoms with van der Waals surface area (Å²) in [5.74, 6) is -0.812. The van der Waals surface area contributed by atoms with E-state index in [0.29, 0.717) is 12.8 Å². The van der Waals surface area contributed by atoms with Crippen LogP contribution in [0.3, 0.4) is 0 Å². The second-order valence-corrected chi connectivity index (χ2v) is 4.16. The summed E-state index contributed by atoms with van der Waals surface area (Å²) < 4.78 is 0. The maximum absolute atomic E-state index is 10.4. The summed E-state index contributed by atoms with van der Waals surface area (Å²) in [6.45, 7) is 3.93. The molecule has 0 aliphatic heterocycles. The van der Waals surface area contributed by atoms with E-state index in [1.54, 1.807) is 0 Å². The van der Waals surface area contributed by atoms with Gasteiger partial charge < -0.3 is 10.2 Å². The van der Waals surface area contributed by atoms with Crippen molar-refractivity contribution in [2.24, 2.45) is 0 Å². The third-order valence-electron chi connectivity index (χ3n) is 2.66. The monoisotopic (exact) mass is 222 g/mol. The molecule has 16 heavy (non-hydrogen) atoms. The molecule has 0 aliphatic rings. The maximum atomic E-state index is 10.4. The highest BCUT2D eigenvalue weighted by Gasteiger charge is 2.11. The first-order chi connectivity index (χ1) is 7.50. The number of aliphatic hydroxyl groups is 1. The molecule has 0 aromatic heterocycles. The molecule has 0 radical (unpaired) electrons. The molecular formula is C13H18O3. The number of hydrogen-bond acceptors (Lipinski definition) is 2. The fourth-order valence-corrected chi connectivity index (χ4v) is 1.72. The van der Waals surface area contributed by atoms with Crippen LogP contribution < -0.4 is 0 Å². The van der Waals surface area contributed by atoms with Gasteiger partial charge in [-0.25, -0.2) is 0 Å². The van der Waals surface area contributed by atoms with Crippen LogP contribution in [-0.4, -0.2) is 16.2 Å². The predicted octanol–water partition coefficient (Wildman–Crippen LogP) is 2.59. The van der Waals surface area contributed by atoms with E-state index in [0.717, 1.165) is 16.7 Å². The standard InChI is InChI=1S/C13H18O3/c1-9-6-7-10(2)11(8-9)12(14)4-3-5-13(15)16/h6-8,12,14H,3-5H2,1-2H3,(H,15,16). The first-order valence-electron chi connectivity index (χ1n) is 5.47. The van der Waals surface area contributed by atoms with E-state index < -0.39 is 12.1 Å². The summed E-state index contributed by atoms with van der Waals surface area (Å²) in [4.78, 5) is 10.4. The third kappa shape index (κ3) is 3.66. The summed E-state index contributed by atoms with van der Waals surface area (Å²) in [7, 11) is 0. The molecule has 3 heteroatoms. The lowest BCUT2D eigenvalue weighted by Gasteiger charge is -2.13. The number of aryl methyl sites for hydroxylation is 2. The highest BCUT2D eigenvalue weighted by Crippen LogP contribution is 2.23. The molecule has 0 saturated carbocycles.